The standard InChI is InChI=1S/C44H38Cl2N6O2/c1-27-9-8-22-52-41(29-14-16-30(45)17-15-29)33-25-31(46)26-35-38(33)39(42(52)37(27)28-10-3-2-4-11-28)40(49-35)44(53)50-34-12-7-21-48-43(34)51-23-18-32(19-24-51)54-36-13-5-6-20-47-36/h2-8,10-17,20-22,25-27,32,41,49H,9,18-19,23-24H2,1H3,(H,50,53). The lowest BCUT2D eigenvalue weighted by atomic mass is 9.82. The number of nitrogens with one attached hydrogen (secondary N) is 2. The Balaban J connectivity index is 1.15. The lowest BCUT2D eigenvalue weighted by Crippen LogP contribution is -2.39. The second-order valence-corrected chi connectivity index (χ2v) is 15.0. The zero-order chi connectivity index (χ0) is 36.8. The average Bonchev–Trinajstić information content (AvgIpc) is 3.48. The van der Waals surface area contributed by atoms with E-state index in [-0.39, 0.29) is 24.0 Å². The normalized spacial score (nSPS) is 18.4. The summed E-state index contributed by atoms with van der Waals surface area (Å²) in [5, 5.41) is 5.51. The van der Waals surface area contributed by atoms with Crippen molar-refractivity contribution in [3.05, 3.63) is 160 Å². The lowest BCUT2D eigenvalue weighted by molar-refractivity contribution is 0.102. The Morgan fingerprint density at radius 3 is 2.44 bits per heavy atom. The van der Waals surface area contributed by atoms with Gasteiger partial charge in [-0.3, -0.25) is 4.79 Å². The van der Waals surface area contributed by atoms with Crippen LogP contribution in [0.25, 0.3) is 22.2 Å². The molecular formula is C44H38Cl2N6O2. The molecule has 0 spiro atoms. The van der Waals surface area contributed by atoms with E-state index in [0.29, 0.717) is 27.3 Å². The first-order valence-corrected chi connectivity index (χ1v) is 19.1. The van der Waals surface area contributed by atoms with Crippen LogP contribution >= 0.6 is 23.2 Å². The molecule has 2 atom stereocenters. The van der Waals surface area contributed by atoms with Crippen LogP contribution < -0.4 is 15.0 Å². The van der Waals surface area contributed by atoms with Gasteiger partial charge in [0.15, 0.2) is 5.82 Å². The van der Waals surface area contributed by atoms with Gasteiger partial charge in [-0.05, 0) is 77.1 Å². The molecule has 1 saturated heterocycles. The molecule has 9 rings (SSSR count). The second kappa shape index (κ2) is 14.3. The fourth-order valence-electron chi connectivity index (χ4n) is 8.25. The first-order chi connectivity index (χ1) is 26.4. The number of halogens is 2. The van der Waals surface area contributed by atoms with Gasteiger partial charge in [0.25, 0.3) is 5.91 Å². The molecule has 3 aromatic heterocycles. The van der Waals surface area contributed by atoms with Crippen LogP contribution in [-0.2, 0) is 0 Å². The van der Waals surface area contributed by atoms with Crippen LogP contribution in [-0.4, -0.2) is 45.0 Å². The first kappa shape index (κ1) is 34.2. The van der Waals surface area contributed by atoms with E-state index in [9.17, 15) is 4.79 Å². The number of nitrogens with zero attached hydrogens (tertiary/aromatic N) is 4. The van der Waals surface area contributed by atoms with Gasteiger partial charge < -0.3 is 24.8 Å². The first-order valence-electron chi connectivity index (χ1n) is 18.4. The summed E-state index contributed by atoms with van der Waals surface area (Å²) < 4.78 is 6.15. The Morgan fingerprint density at radius 2 is 1.67 bits per heavy atom. The molecule has 8 nitrogen and oxygen atoms in total. The molecule has 10 heteroatoms. The van der Waals surface area contributed by atoms with Gasteiger partial charge in [-0.15, -0.1) is 0 Å². The number of H-pyrrole nitrogens is 1. The Bertz CT molecular complexity index is 2400. The number of piperidine rings is 1. The maximum Gasteiger partial charge on any atom is 0.272 e. The topological polar surface area (TPSA) is 86.4 Å². The summed E-state index contributed by atoms with van der Waals surface area (Å²) in [5.41, 5.74) is 8.14. The summed E-state index contributed by atoms with van der Waals surface area (Å²) in [7, 11) is 0. The Kier molecular flexibility index (Phi) is 9.09. The molecule has 3 aromatic carbocycles. The minimum atomic E-state index is -0.253. The van der Waals surface area contributed by atoms with Crippen molar-refractivity contribution < 1.29 is 9.53 Å². The monoisotopic (exact) mass is 752 g/mol. The highest BCUT2D eigenvalue weighted by atomic mass is 35.5. The van der Waals surface area contributed by atoms with Crippen molar-refractivity contribution >= 4 is 62.8 Å². The van der Waals surface area contributed by atoms with Crippen LogP contribution in [0.1, 0.15) is 65.0 Å². The van der Waals surface area contributed by atoms with E-state index in [2.05, 4.69) is 80.7 Å². The van der Waals surface area contributed by atoms with Gasteiger partial charge in [-0.1, -0.05) is 84.7 Å². The number of rotatable bonds is 7. The summed E-state index contributed by atoms with van der Waals surface area (Å²) in [4.78, 5) is 32.0. The molecular weight excluding hydrogens is 715 g/mol. The molecule has 6 heterocycles. The van der Waals surface area contributed by atoms with E-state index in [0.717, 1.165) is 77.0 Å². The van der Waals surface area contributed by atoms with Gasteiger partial charge in [-0.2, -0.15) is 0 Å². The summed E-state index contributed by atoms with van der Waals surface area (Å²) in [6, 6.07) is 31.7. The number of allylic oxidation sites excluding steroid dienone is 2. The molecule has 3 aliphatic heterocycles. The van der Waals surface area contributed by atoms with Gasteiger partial charge in [-0.25, -0.2) is 9.97 Å². The van der Waals surface area contributed by atoms with E-state index in [4.69, 9.17) is 32.9 Å². The van der Waals surface area contributed by atoms with Crippen LogP contribution in [0.2, 0.25) is 10.0 Å². The van der Waals surface area contributed by atoms with E-state index in [1.807, 2.05) is 60.7 Å². The summed E-state index contributed by atoms with van der Waals surface area (Å²) in [6.07, 6.45) is 10.4. The van der Waals surface area contributed by atoms with E-state index >= 15 is 0 Å². The third-order valence-electron chi connectivity index (χ3n) is 10.7. The number of hydrogen-bond donors (Lipinski definition) is 2. The molecule has 1 amide bonds. The largest absolute Gasteiger partial charge is 0.474 e. The van der Waals surface area contributed by atoms with Gasteiger partial charge in [0, 0.05) is 77.1 Å². The van der Waals surface area contributed by atoms with Crippen molar-refractivity contribution in [1.82, 2.24) is 19.9 Å². The number of ether oxygens (including phenoxy) is 1. The molecule has 0 radical (unpaired) electrons. The Morgan fingerprint density at radius 1 is 0.889 bits per heavy atom. The zero-order valence-electron chi connectivity index (χ0n) is 29.7. The molecule has 0 bridgehead atoms. The fourth-order valence-corrected chi connectivity index (χ4v) is 8.60. The number of pyridine rings is 2. The summed E-state index contributed by atoms with van der Waals surface area (Å²) in [6.45, 7) is 3.72. The molecule has 6 aromatic rings. The Labute approximate surface area is 324 Å². The minimum Gasteiger partial charge on any atom is -0.474 e. The second-order valence-electron chi connectivity index (χ2n) is 14.1. The highest BCUT2D eigenvalue weighted by Gasteiger charge is 2.40. The molecule has 270 valence electrons. The lowest BCUT2D eigenvalue weighted by Gasteiger charge is -2.39. The highest BCUT2D eigenvalue weighted by Crippen LogP contribution is 2.53. The van der Waals surface area contributed by atoms with Crippen molar-refractivity contribution in [1.29, 1.82) is 0 Å². The maximum atomic E-state index is 14.8. The number of amides is 1. The number of carbonyl (C=O) groups is 1. The number of fused-ring (bicyclic) bond motifs is 2. The molecule has 1 fully saturated rings. The van der Waals surface area contributed by atoms with Gasteiger partial charge >= 0.3 is 0 Å². The number of aromatic amines is 1. The SMILES string of the molecule is CC1CC=CN2C(=C1c1ccccc1)c1c(C(=O)Nc3cccnc3N3CCC(Oc4ccccn4)CC3)[nH]c3cc(Cl)cc(c13)C2c1ccc(Cl)cc1. The van der Waals surface area contributed by atoms with E-state index < -0.39 is 0 Å². The number of anilines is 2. The van der Waals surface area contributed by atoms with Crippen molar-refractivity contribution in [3.8, 4) is 5.88 Å². The van der Waals surface area contributed by atoms with Crippen molar-refractivity contribution in [3.63, 3.8) is 0 Å². The quantitative estimate of drug-likeness (QED) is 0.169. The van der Waals surface area contributed by atoms with Crippen LogP contribution in [0.15, 0.2) is 122 Å². The summed E-state index contributed by atoms with van der Waals surface area (Å²) >= 11 is 13.3. The number of benzene rings is 3. The number of hydrogen-bond acceptors (Lipinski definition) is 6. The average molecular weight is 754 g/mol. The predicted octanol–water partition coefficient (Wildman–Crippen LogP) is 10.4. The molecule has 0 aliphatic carbocycles. The van der Waals surface area contributed by atoms with Gasteiger partial charge in [0.05, 0.1) is 17.4 Å². The maximum absolute atomic E-state index is 14.8. The third-order valence-corrected chi connectivity index (χ3v) is 11.1. The smallest absolute Gasteiger partial charge is 0.272 e. The Hall–Kier alpha value is -5.57. The molecule has 3 aliphatic rings. The zero-order valence-corrected chi connectivity index (χ0v) is 31.2. The van der Waals surface area contributed by atoms with E-state index in [1.165, 1.54) is 5.57 Å². The van der Waals surface area contributed by atoms with Gasteiger partial charge in [0.1, 0.15) is 11.8 Å². The summed E-state index contributed by atoms with van der Waals surface area (Å²) in [5.74, 6) is 1.28. The van der Waals surface area contributed by atoms with Crippen LogP contribution in [0.3, 0.4) is 0 Å². The van der Waals surface area contributed by atoms with Crippen LogP contribution in [0.4, 0.5) is 11.5 Å². The van der Waals surface area contributed by atoms with Crippen LogP contribution in [0.5, 0.6) is 5.88 Å². The molecule has 2 N–H and O–H groups in total. The molecule has 54 heavy (non-hydrogen) atoms. The van der Waals surface area contributed by atoms with Crippen molar-refractivity contribution in [2.45, 2.75) is 38.3 Å². The molecule has 2 unspecified atom stereocenters. The third kappa shape index (κ3) is 6.29. The fraction of sp³-hybridized carbons (Fsp3) is 0.205. The van der Waals surface area contributed by atoms with Crippen LogP contribution in [0, 0.1) is 5.92 Å². The number of carbonyl (C=O) groups excluding carboxylic acids is 1. The van der Waals surface area contributed by atoms with Crippen molar-refractivity contribution in [2.75, 3.05) is 23.3 Å². The van der Waals surface area contributed by atoms with Gasteiger partial charge in [0.2, 0.25) is 5.88 Å². The number of aromatic nitrogens is 3. The molecule has 0 saturated carbocycles. The minimum absolute atomic E-state index is 0.0566. The van der Waals surface area contributed by atoms with Crippen molar-refractivity contribution in [2.24, 2.45) is 5.92 Å². The highest BCUT2D eigenvalue weighted by molar-refractivity contribution is 6.32. The predicted molar refractivity (Wildman–Crippen MR) is 217 cm³/mol. The van der Waals surface area contributed by atoms with E-state index in [1.54, 1.807) is 12.4 Å².